The molecule has 0 aromatic carbocycles. The number of nitrogens with zero attached hydrogens (tertiary/aromatic N) is 2. The quantitative estimate of drug-likeness (QED) is 0.884. The van der Waals surface area contributed by atoms with E-state index >= 15 is 0 Å². The number of carbonyl (C=O) groups is 1. The fourth-order valence-electron chi connectivity index (χ4n) is 1.98. The van der Waals surface area contributed by atoms with Crippen molar-refractivity contribution in [3.8, 4) is 11.6 Å². The molecule has 2 heterocycles. The Labute approximate surface area is 123 Å². The molecular weight excluding hydrogens is 270 g/mol. The number of amides is 1. The van der Waals surface area contributed by atoms with Crippen LogP contribution in [0.4, 0.5) is 0 Å². The van der Waals surface area contributed by atoms with E-state index in [9.17, 15) is 4.79 Å². The molecule has 2 aromatic heterocycles. The maximum absolute atomic E-state index is 12.0. The summed E-state index contributed by atoms with van der Waals surface area (Å²) >= 11 is 0. The summed E-state index contributed by atoms with van der Waals surface area (Å²) in [5.74, 6) is 1.76. The highest BCUT2D eigenvalue weighted by Gasteiger charge is 2.25. The lowest BCUT2D eigenvalue weighted by atomic mass is 10.0. The molecule has 1 N–H and O–H groups in total. The summed E-state index contributed by atoms with van der Waals surface area (Å²) in [5, 5.41) is 6.86. The van der Waals surface area contributed by atoms with Crippen LogP contribution < -0.4 is 5.32 Å². The predicted molar refractivity (Wildman–Crippen MR) is 77.2 cm³/mol. The Bertz CT molecular complexity index is 573. The van der Waals surface area contributed by atoms with Crippen LogP contribution in [0.3, 0.4) is 0 Å². The van der Waals surface area contributed by atoms with Crippen LogP contribution in [0, 0.1) is 11.8 Å². The summed E-state index contributed by atoms with van der Waals surface area (Å²) in [5.41, 5.74) is 0. The van der Waals surface area contributed by atoms with Gasteiger partial charge in [0.2, 0.25) is 17.6 Å². The molecule has 0 saturated heterocycles. The van der Waals surface area contributed by atoms with E-state index in [1.807, 2.05) is 27.7 Å². The lowest BCUT2D eigenvalue weighted by molar-refractivity contribution is -0.123. The maximum Gasteiger partial charge on any atom is 0.249 e. The monoisotopic (exact) mass is 291 g/mol. The average Bonchev–Trinajstić information content (AvgIpc) is 3.05. The second-order valence-electron chi connectivity index (χ2n) is 5.82. The van der Waals surface area contributed by atoms with Gasteiger partial charge in [-0.3, -0.25) is 4.79 Å². The summed E-state index contributed by atoms with van der Waals surface area (Å²) in [4.78, 5) is 16.3. The van der Waals surface area contributed by atoms with Crippen molar-refractivity contribution in [2.45, 2.75) is 40.2 Å². The highest BCUT2D eigenvalue weighted by Crippen LogP contribution is 2.24. The van der Waals surface area contributed by atoms with Gasteiger partial charge in [-0.2, -0.15) is 4.98 Å². The van der Waals surface area contributed by atoms with Crippen molar-refractivity contribution in [1.29, 1.82) is 0 Å². The Balaban J connectivity index is 2.13. The first-order valence-electron chi connectivity index (χ1n) is 7.14. The van der Waals surface area contributed by atoms with Crippen LogP contribution in [0.25, 0.3) is 11.6 Å². The standard InChI is InChI=1S/C15H21N3O3/c1-9(2)8-12(19)16-13(10(3)4)15-17-14(18-21-15)11-6-5-7-20-11/h5-7,9-10,13H,8H2,1-4H3,(H,16,19)/t13-/m1/s1. The predicted octanol–water partition coefficient (Wildman–Crippen LogP) is 3.19. The Kier molecular flexibility index (Phi) is 4.77. The molecule has 2 aromatic rings. The number of nitrogens with one attached hydrogen (secondary N) is 1. The van der Waals surface area contributed by atoms with E-state index in [2.05, 4.69) is 15.5 Å². The van der Waals surface area contributed by atoms with Gasteiger partial charge in [0.15, 0.2) is 5.76 Å². The van der Waals surface area contributed by atoms with E-state index in [4.69, 9.17) is 8.94 Å². The molecule has 0 bridgehead atoms. The zero-order valence-electron chi connectivity index (χ0n) is 12.8. The average molecular weight is 291 g/mol. The van der Waals surface area contributed by atoms with Gasteiger partial charge in [0.25, 0.3) is 0 Å². The van der Waals surface area contributed by atoms with Gasteiger partial charge in [-0.05, 0) is 24.0 Å². The van der Waals surface area contributed by atoms with Crippen molar-refractivity contribution in [2.75, 3.05) is 0 Å². The molecule has 0 saturated carbocycles. The van der Waals surface area contributed by atoms with E-state index in [0.717, 1.165) is 0 Å². The first-order valence-corrected chi connectivity index (χ1v) is 7.14. The topological polar surface area (TPSA) is 81.2 Å². The molecular formula is C15H21N3O3. The number of furan rings is 1. The zero-order valence-corrected chi connectivity index (χ0v) is 12.8. The SMILES string of the molecule is CC(C)CC(=O)N[C@@H](c1nc(-c2ccco2)no1)C(C)C. The number of hydrogen-bond acceptors (Lipinski definition) is 5. The molecule has 6 nitrogen and oxygen atoms in total. The molecule has 0 aliphatic rings. The molecule has 0 aliphatic carbocycles. The molecule has 0 aliphatic heterocycles. The molecule has 2 rings (SSSR count). The summed E-state index contributed by atoms with van der Waals surface area (Å²) in [6.45, 7) is 8.01. The molecule has 1 amide bonds. The molecule has 0 fully saturated rings. The van der Waals surface area contributed by atoms with Crippen LogP contribution in [0.15, 0.2) is 27.3 Å². The van der Waals surface area contributed by atoms with Crippen LogP contribution in [-0.4, -0.2) is 16.0 Å². The second-order valence-corrected chi connectivity index (χ2v) is 5.82. The van der Waals surface area contributed by atoms with Gasteiger partial charge in [0.1, 0.15) is 6.04 Å². The van der Waals surface area contributed by atoms with Gasteiger partial charge in [-0.15, -0.1) is 0 Å². The van der Waals surface area contributed by atoms with Gasteiger partial charge in [-0.1, -0.05) is 32.9 Å². The van der Waals surface area contributed by atoms with Gasteiger partial charge < -0.3 is 14.3 Å². The Morgan fingerprint density at radius 3 is 2.67 bits per heavy atom. The summed E-state index contributed by atoms with van der Waals surface area (Å²) < 4.78 is 10.5. The third-order valence-electron chi connectivity index (χ3n) is 3.03. The molecule has 0 radical (unpaired) electrons. The Hall–Kier alpha value is -2.11. The van der Waals surface area contributed by atoms with Gasteiger partial charge in [-0.25, -0.2) is 0 Å². The van der Waals surface area contributed by atoms with Crippen molar-refractivity contribution in [3.63, 3.8) is 0 Å². The zero-order chi connectivity index (χ0) is 15.4. The minimum Gasteiger partial charge on any atom is -0.461 e. The Morgan fingerprint density at radius 1 is 1.33 bits per heavy atom. The number of hydrogen-bond donors (Lipinski definition) is 1. The van der Waals surface area contributed by atoms with Gasteiger partial charge in [0, 0.05) is 6.42 Å². The van der Waals surface area contributed by atoms with Crippen LogP contribution >= 0.6 is 0 Å². The normalized spacial score (nSPS) is 12.9. The first kappa shape index (κ1) is 15.3. The largest absolute Gasteiger partial charge is 0.461 e. The number of aromatic nitrogens is 2. The van der Waals surface area contributed by atoms with Crippen molar-refractivity contribution < 1.29 is 13.7 Å². The smallest absolute Gasteiger partial charge is 0.249 e. The van der Waals surface area contributed by atoms with E-state index in [1.54, 1.807) is 18.4 Å². The fourth-order valence-corrected chi connectivity index (χ4v) is 1.98. The van der Waals surface area contributed by atoms with Crippen molar-refractivity contribution in [3.05, 3.63) is 24.3 Å². The van der Waals surface area contributed by atoms with E-state index in [0.29, 0.717) is 29.8 Å². The maximum atomic E-state index is 12.0. The highest BCUT2D eigenvalue weighted by molar-refractivity contribution is 5.76. The molecule has 0 unspecified atom stereocenters. The third kappa shape index (κ3) is 3.93. The lowest BCUT2D eigenvalue weighted by Gasteiger charge is -2.19. The van der Waals surface area contributed by atoms with E-state index in [-0.39, 0.29) is 17.9 Å². The molecule has 114 valence electrons. The summed E-state index contributed by atoms with van der Waals surface area (Å²) in [6.07, 6.45) is 2.03. The second kappa shape index (κ2) is 6.56. The molecule has 0 spiro atoms. The van der Waals surface area contributed by atoms with Crippen LogP contribution in [0.1, 0.15) is 46.0 Å². The number of carbonyl (C=O) groups excluding carboxylic acids is 1. The van der Waals surface area contributed by atoms with Gasteiger partial charge in [0.05, 0.1) is 6.26 Å². The Morgan fingerprint density at radius 2 is 2.10 bits per heavy atom. The number of rotatable bonds is 6. The van der Waals surface area contributed by atoms with Crippen molar-refractivity contribution in [2.24, 2.45) is 11.8 Å². The minimum atomic E-state index is -0.299. The minimum absolute atomic E-state index is 0.0125. The van der Waals surface area contributed by atoms with E-state index in [1.165, 1.54) is 0 Å². The highest BCUT2D eigenvalue weighted by atomic mass is 16.5. The van der Waals surface area contributed by atoms with Crippen molar-refractivity contribution >= 4 is 5.91 Å². The fraction of sp³-hybridized carbons (Fsp3) is 0.533. The molecule has 1 atom stereocenters. The lowest BCUT2D eigenvalue weighted by Crippen LogP contribution is -2.32. The van der Waals surface area contributed by atoms with Crippen LogP contribution in [0.2, 0.25) is 0 Å². The third-order valence-corrected chi connectivity index (χ3v) is 3.03. The summed E-state index contributed by atoms with van der Waals surface area (Å²) in [7, 11) is 0. The van der Waals surface area contributed by atoms with Crippen LogP contribution in [-0.2, 0) is 4.79 Å². The van der Waals surface area contributed by atoms with Crippen molar-refractivity contribution in [1.82, 2.24) is 15.5 Å². The first-order chi connectivity index (χ1) is 9.97. The summed E-state index contributed by atoms with van der Waals surface area (Å²) in [6, 6.07) is 3.22. The van der Waals surface area contributed by atoms with Crippen LogP contribution in [0.5, 0.6) is 0 Å². The van der Waals surface area contributed by atoms with Gasteiger partial charge >= 0.3 is 0 Å². The molecule has 21 heavy (non-hydrogen) atoms. The van der Waals surface area contributed by atoms with E-state index < -0.39 is 0 Å². The molecule has 6 heteroatoms.